The molecule has 0 unspecified atom stereocenters. The zero-order valence-electron chi connectivity index (χ0n) is 10.3. The molecule has 96 valence electrons. The first-order chi connectivity index (χ1) is 8.58. The second-order valence-electron chi connectivity index (χ2n) is 4.18. The van der Waals surface area contributed by atoms with E-state index in [1.165, 1.54) is 0 Å². The number of phenols is 1. The standard InChI is InChI=1S/C13H15BrN2O2/c1-8-12(9(2)18-16-8)7-15-6-10-5-11(14)3-4-13(10)17/h3-5,15,17H,6-7H2,1-2H3. The first kappa shape index (κ1) is 13.1. The molecule has 1 aromatic heterocycles. The predicted octanol–water partition coefficient (Wildman–Crippen LogP) is 3.05. The minimum Gasteiger partial charge on any atom is -0.508 e. The van der Waals surface area contributed by atoms with Crippen LogP contribution in [0, 0.1) is 13.8 Å². The fourth-order valence-corrected chi connectivity index (χ4v) is 2.18. The van der Waals surface area contributed by atoms with Gasteiger partial charge in [-0.25, -0.2) is 0 Å². The summed E-state index contributed by atoms with van der Waals surface area (Å²) in [5, 5.41) is 16.9. The number of halogens is 1. The Labute approximate surface area is 114 Å². The number of benzene rings is 1. The first-order valence-corrected chi connectivity index (χ1v) is 6.47. The summed E-state index contributed by atoms with van der Waals surface area (Å²) in [6.07, 6.45) is 0. The van der Waals surface area contributed by atoms with Gasteiger partial charge in [-0.15, -0.1) is 0 Å². The van der Waals surface area contributed by atoms with Crippen LogP contribution in [0.15, 0.2) is 27.2 Å². The summed E-state index contributed by atoms with van der Waals surface area (Å²) < 4.78 is 6.05. The van der Waals surface area contributed by atoms with Crippen LogP contribution < -0.4 is 5.32 Å². The maximum absolute atomic E-state index is 9.71. The van der Waals surface area contributed by atoms with Gasteiger partial charge in [0.05, 0.1) is 5.69 Å². The molecule has 0 atom stereocenters. The van der Waals surface area contributed by atoms with Crippen LogP contribution in [0.25, 0.3) is 0 Å². The number of aryl methyl sites for hydroxylation is 2. The van der Waals surface area contributed by atoms with Gasteiger partial charge in [0.1, 0.15) is 11.5 Å². The molecular formula is C13H15BrN2O2. The van der Waals surface area contributed by atoms with Crippen LogP contribution in [-0.4, -0.2) is 10.3 Å². The van der Waals surface area contributed by atoms with E-state index in [1.807, 2.05) is 26.0 Å². The van der Waals surface area contributed by atoms with Crippen molar-refractivity contribution in [2.45, 2.75) is 26.9 Å². The maximum Gasteiger partial charge on any atom is 0.138 e. The Morgan fingerprint density at radius 3 is 2.78 bits per heavy atom. The molecule has 0 radical (unpaired) electrons. The predicted molar refractivity (Wildman–Crippen MR) is 72.3 cm³/mol. The third-order valence-corrected chi connectivity index (χ3v) is 3.33. The molecule has 2 aromatic rings. The maximum atomic E-state index is 9.71. The summed E-state index contributed by atoms with van der Waals surface area (Å²) in [5.74, 6) is 1.13. The van der Waals surface area contributed by atoms with Crippen LogP contribution in [0.1, 0.15) is 22.6 Å². The van der Waals surface area contributed by atoms with Crippen molar-refractivity contribution in [2.75, 3.05) is 0 Å². The van der Waals surface area contributed by atoms with E-state index in [-0.39, 0.29) is 0 Å². The van der Waals surface area contributed by atoms with Gasteiger partial charge in [-0.1, -0.05) is 21.1 Å². The first-order valence-electron chi connectivity index (χ1n) is 5.68. The summed E-state index contributed by atoms with van der Waals surface area (Å²) in [7, 11) is 0. The highest BCUT2D eigenvalue weighted by Crippen LogP contribution is 2.21. The van der Waals surface area contributed by atoms with Crippen molar-refractivity contribution in [3.8, 4) is 5.75 Å². The van der Waals surface area contributed by atoms with Gasteiger partial charge < -0.3 is 14.9 Å². The van der Waals surface area contributed by atoms with Crippen molar-refractivity contribution >= 4 is 15.9 Å². The Hall–Kier alpha value is -1.33. The Morgan fingerprint density at radius 1 is 1.33 bits per heavy atom. The Bertz CT molecular complexity index is 532. The zero-order valence-corrected chi connectivity index (χ0v) is 11.9. The quantitative estimate of drug-likeness (QED) is 0.911. The third-order valence-electron chi connectivity index (χ3n) is 2.84. The van der Waals surface area contributed by atoms with Gasteiger partial charge in [0.15, 0.2) is 0 Å². The van der Waals surface area contributed by atoms with Crippen molar-refractivity contribution in [1.29, 1.82) is 0 Å². The van der Waals surface area contributed by atoms with E-state index >= 15 is 0 Å². The molecule has 1 aromatic carbocycles. The zero-order chi connectivity index (χ0) is 13.1. The van der Waals surface area contributed by atoms with E-state index in [1.54, 1.807) is 6.07 Å². The highest BCUT2D eigenvalue weighted by Gasteiger charge is 2.08. The summed E-state index contributed by atoms with van der Waals surface area (Å²) in [6.45, 7) is 5.08. The summed E-state index contributed by atoms with van der Waals surface area (Å²) in [4.78, 5) is 0. The molecule has 5 heteroatoms. The molecule has 0 fully saturated rings. The van der Waals surface area contributed by atoms with Gasteiger partial charge in [0.2, 0.25) is 0 Å². The molecule has 4 nitrogen and oxygen atoms in total. The summed E-state index contributed by atoms with van der Waals surface area (Å²) >= 11 is 3.39. The van der Waals surface area contributed by atoms with Crippen LogP contribution in [0.5, 0.6) is 5.75 Å². The SMILES string of the molecule is Cc1noc(C)c1CNCc1cc(Br)ccc1O. The molecule has 0 amide bonds. The van der Waals surface area contributed by atoms with Gasteiger partial charge in [0, 0.05) is 28.7 Å². The van der Waals surface area contributed by atoms with Gasteiger partial charge in [0.25, 0.3) is 0 Å². The molecule has 0 saturated carbocycles. The van der Waals surface area contributed by atoms with Crippen molar-refractivity contribution in [1.82, 2.24) is 10.5 Å². The lowest BCUT2D eigenvalue weighted by atomic mass is 10.2. The normalized spacial score (nSPS) is 10.8. The van der Waals surface area contributed by atoms with E-state index in [0.717, 1.165) is 27.1 Å². The van der Waals surface area contributed by atoms with Crippen molar-refractivity contribution in [2.24, 2.45) is 0 Å². The van der Waals surface area contributed by atoms with Gasteiger partial charge in [-0.05, 0) is 32.0 Å². The number of aromatic nitrogens is 1. The topological polar surface area (TPSA) is 58.3 Å². The fraction of sp³-hybridized carbons (Fsp3) is 0.308. The van der Waals surface area contributed by atoms with Gasteiger partial charge in [-0.2, -0.15) is 0 Å². The molecule has 18 heavy (non-hydrogen) atoms. The van der Waals surface area contributed by atoms with E-state index < -0.39 is 0 Å². The monoisotopic (exact) mass is 310 g/mol. The number of rotatable bonds is 4. The van der Waals surface area contributed by atoms with Crippen molar-refractivity contribution in [3.63, 3.8) is 0 Å². The molecule has 0 aliphatic heterocycles. The van der Waals surface area contributed by atoms with Crippen LogP contribution in [0.4, 0.5) is 0 Å². The number of nitrogens with zero attached hydrogens (tertiary/aromatic N) is 1. The molecule has 0 saturated heterocycles. The molecule has 0 aliphatic rings. The van der Waals surface area contributed by atoms with Crippen LogP contribution >= 0.6 is 15.9 Å². The Balaban J connectivity index is 1.98. The number of hydrogen-bond donors (Lipinski definition) is 2. The third kappa shape index (κ3) is 2.91. The largest absolute Gasteiger partial charge is 0.508 e. The second-order valence-corrected chi connectivity index (χ2v) is 5.09. The number of nitrogens with one attached hydrogen (secondary N) is 1. The summed E-state index contributed by atoms with van der Waals surface area (Å²) in [5.41, 5.74) is 2.83. The molecule has 0 spiro atoms. The molecule has 1 heterocycles. The lowest BCUT2D eigenvalue weighted by Crippen LogP contribution is -2.13. The molecule has 0 bridgehead atoms. The van der Waals surface area contributed by atoms with E-state index in [0.29, 0.717) is 18.8 Å². The van der Waals surface area contributed by atoms with E-state index in [4.69, 9.17) is 4.52 Å². The molecule has 2 N–H and O–H groups in total. The highest BCUT2D eigenvalue weighted by atomic mass is 79.9. The Kier molecular flexibility index (Phi) is 4.04. The van der Waals surface area contributed by atoms with Crippen LogP contribution in [-0.2, 0) is 13.1 Å². The van der Waals surface area contributed by atoms with Crippen LogP contribution in [0.3, 0.4) is 0 Å². The average Bonchev–Trinajstić information content (AvgIpc) is 2.65. The van der Waals surface area contributed by atoms with Crippen LogP contribution in [0.2, 0.25) is 0 Å². The van der Waals surface area contributed by atoms with E-state index in [9.17, 15) is 5.11 Å². The lowest BCUT2D eigenvalue weighted by Gasteiger charge is -2.07. The van der Waals surface area contributed by atoms with Gasteiger partial charge in [-0.3, -0.25) is 0 Å². The average molecular weight is 311 g/mol. The highest BCUT2D eigenvalue weighted by molar-refractivity contribution is 9.10. The number of hydrogen-bond acceptors (Lipinski definition) is 4. The second kappa shape index (κ2) is 5.54. The fourth-order valence-electron chi connectivity index (χ4n) is 1.77. The van der Waals surface area contributed by atoms with Gasteiger partial charge >= 0.3 is 0 Å². The van der Waals surface area contributed by atoms with E-state index in [2.05, 4.69) is 26.4 Å². The minimum atomic E-state index is 0.296. The van der Waals surface area contributed by atoms with Crippen molar-refractivity contribution < 1.29 is 9.63 Å². The lowest BCUT2D eigenvalue weighted by molar-refractivity contribution is 0.392. The molecular weight excluding hydrogens is 296 g/mol. The Morgan fingerprint density at radius 2 is 2.11 bits per heavy atom. The summed E-state index contributed by atoms with van der Waals surface area (Å²) in [6, 6.07) is 5.39. The molecule has 0 aliphatic carbocycles. The minimum absolute atomic E-state index is 0.296. The number of phenolic OH excluding ortho intramolecular Hbond substituents is 1. The number of aromatic hydroxyl groups is 1. The smallest absolute Gasteiger partial charge is 0.138 e. The molecule has 2 rings (SSSR count). The van der Waals surface area contributed by atoms with Crippen molar-refractivity contribution in [3.05, 3.63) is 45.3 Å².